The van der Waals surface area contributed by atoms with Crippen LogP contribution < -0.4 is 16.2 Å². The van der Waals surface area contributed by atoms with Crippen molar-refractivity contribution < 1.29 is 9.94 Å². The van der Waals surface area contributed by atoms with E-state index in [2.05, 4.69) is 15.0 Å². The third kappa shape index (κ3) is 2.84. The summed E-state index contributed by atoms with van der Waals surface area (Å²) < 4.78 is 6.25. The minimum Gasteiger partial charge on any atom is -0.497 e. The third-order valence-electron chi connectivity index (χ3n) is 4.63. The molecule has 4 aromatic rings. The number of anilines is 2. The number of aromatic nitrogens is 4. The van der Waals surface area contributed by atoms with Crippen molar-refractivity contribution in [1.29, 1.82) is 0 Å². The molecule has 0 fully saturated rings. The molecule has 4 rings (SSSR count). The summed E-state index contributed by atoms with van der Waals surface area (Å²) in [4.78, 5) is 12.9. The van der Waals surface area contributed by atoms with Crippen LogP contribution in [0.4, 0.5) is 11.8 Å². The minimum absolute atomic E-state index is 0.146. The number of nitrogen functional groups attached to an aromatic ring is 2. The largest absolute Gasteiger partial charge is 0.497 e. The topological polar surface area (TPSA) is 125 Å². The first-order chi connectivity index (χ1) is 13.5. The Hall–Kier alpha value is -3.81. The van der Waals surface area contributed by atoms with Crippen molar-refractivity contribution in [2.24, 2.45) is 0 Å². The number of imidazole rings is 1. The number of nitrogens with zero attached hydrogens (tertiary/aromatic N) is 4. The van der Waals surface area contributed by atoms with Crippen LogP contribution >= 0.6 is 0 Å². The normalized spacial score (nSPS) is 11.1. The highest BCUT2D eigenvalue weighted by atomic mass is 16.5. The average molecular weight is 376 g/mol. The zero-order valence-corrected chi connectivity index (χ0v) is 15.5. The number of ether oxygens (including phenoxy) is 1. The summed E-state index contributed by atoms with van der Waals surface area (Å²) >= 11 is 0. The molecular formula is C20H20N6O2. The van der Waals surface area contributed by atoms with Crippen LogP contribution in [0.2, 0.25) is 0 Å². The average Bonchev–Trinajstić information content (AvgIpc) is 3.03. The number of benzene rings is 2. The predicted octanol–water partition coefficient (Wildman–Crippen LogP) is 3.13. The summed E-state index contributed by atoms with van der Waals surface area (Å²) in [6.45, 7) is 1.97. The Labute approximate surface area is 161 Å². The highest BCUT2D eigenvalue weighted by molar-refractivity contribution is 5.88. The predicted molar refractivity (Wildman–Crippen MR) is 108 cm³/mol. The van der Waals surface area contributed by atoms with Crippen LogP contribution in [0.15, 0.2) is 42.5 Å². The van der Waals surface area contributed by atoms with Gasteiger partial charge in [-0.25, -0.2) is 9.97 Å². The molecule has 0 bridgehead atoms. The van der Waals surface area contributed by atoms with Crippen LogP contribution in [-0.4, -0.2) is 32.0 Å². The molecule has 0 radical (unpaired) electrons. The van der Waals surface area contributed by atoms with Crippen LogP contribution in [0.25, 0.3) is 33.5 Å². The molecule has 8 heteroatoms. The van der Waals surface area contributed by atoms with Crippen molar-refractivity contribution in [3.8, 4) is 28.3 Å². The van der Waals surface area contributed by atoms with Crippen molar-refractivity contribution in [2.75, 3.05) is 18.6 Å². The number of rotatable bonds is 4. The fraction of sp³-hybridized carbons (Fsp3) is 0.150. The molecule has 0 aliphatic rings. The monoisotopic (exact) mass is 376 g/mol. The second-order valence-corrected chi connectivity index (χ2v) is 6.32. The first-order valence-electron chi connectivity index (χ1n) is 8.80. The van der Waals surface area contributed by atoms with E-state index in [0.717, 1.165) is 27.3 Å². The molecule has 2 heterocycles. The fourth-order valence-corrected chi connectivity index (χ4v) is 3.26. The Balaban J connectivity index is 1.86. The summed E-state index contributed by atoms with van der Waals surface area (Å²) in [5.74, 6) is 1.63. The van der Waals surface area contributed by atoms with Gasteiger partial charge in [-0.2, -0.15) is 9.71 Å². The maximum Gasteiger partial charge on any atom is 0.222 e. The van der Waals surface area contributed by atoms with E-state index in [0.29, 0.717) is 34.7 Å². The molecule has 0 aliphatic heterocycles. The van der Waals surface area contributed by atoms with E-state index in [-0.39, 0.29) is 5.95 Å². The molecule has 0 spiro atoms. The molecule has 0 atom stereocenters. The van der Waals surface area contributed by atoms with Gasteiger partial charge in [0.2, 0.25) is 5.95 Å². The van der Waals surface area contributed by atoms with Crippen molar-refractivity contribution >= 4 is 22.8 Å². The van der Waals surface area contributed by atoms with Gasteiger partial charge in [-0.15, -0.1) is 0 Å². The van der Waals surface area contributed by atoms with E-state index in [1.165, 1.54) is 0 Å². The van der Waals surface area contributed by atoms with Crippen LogP contribution in [0.5, 0.6) is 5.75 Å². The van der Waals surface area contributed by atoms with Crippen LogP contribution in [0.1, 0.15) is 12.6 Å². The second kappa shape index (κ2) is 6.73. The molecule has 0 unspecified atom stereocenters. The zero-order valence-electron chi connectivity index (χ0n) is 15.5. The van der Waals surface area contributed by atoms with E-state index >= 15 is 0 Å². The van der Waals surface area contributed by atoms with Gasteiger partial charge in [-0.05, 0) is 48.4 Å². The Kier molecular flexibility index (Phi) is 4.23. The molecule has 0 saturated heterocycles. The number of hydrogen-bond donors (Lipinski definition) is 3. The minimum atomic E-state index is 0.146. The lowest BCUT2D eigenvalue weighted by atomic mass is 10.0. The molecule has 28 heavy (non-hydrogen) atoms. The number of methoxy groups -OCH3 is 1. The molecule has 2 aromatic heterocycles. The number of nitrogens with two attached hydrogens (primary N) is 2. The van der Waals surface area contributed by atoms with Crippen molar-refractivity contribution in [3.63, 3.8) is 0 Å². The van der Waals surface area contributed by atoms with Gasteiger partial charge in [0, 0.05) is 11.1 Å². The fourth-order valence-electron chi connectivity index (χ4n) is 3.26. The third-order valence-corrected chi connectivity index (χ3v) is 4.63. The van der Waals surface area contributed by atoms with Crippen molar-refractivity contribution in [2.45, 2.75) is 13.3 Å². The molecular weight excluding hydrogens is 356 g/mol. The summed E-state index contributed by atoms with van der Waals surface area (Å²) in [7, 11) is 1.61. The first-order valence-corrected chi connectivity index (χ1v) is 8.80. The van der Waals surface area contributed by atoms with Crippen molar-refractivity contribution in [1.82, 2.24) is 19.7 Å². The SMILES string of the molecule is CCc1nc(N)nc(N)c1-c1ccc2nc(-c3ccc(OC)cc3)n(O)c2c1. The molecule has 5 N–H and O–H groups in total. The standard InChI is InChI=1S/C20H20N6O2/c1-3-14-17(18(21)25-20(22)24-14)12-6-9-15-16(10-12)26(27)19(23-15)11-4-7-13(28-2)8-5-11/h4-10,27H,3H2,1-2H3,(H4,21,22,24,25). The lowest BCUT2D eigenvalue weighted by molar-refractivity contribution is 0.203. The van der Waals surface area contributed by atoms with Gasteiger partial charge >= 0.3 is 0 Å². The number of aryl methyl sites for hydroxylation is 1. The van der Waals surface area contributed by atoms with E-state index in [9.17, 15) is 5.21 Å². The number of fused-ring (bicyclic) bond motifs is 1. The maximum absolute atomic E-state index is 10.7. The highest BCUT2D eigenvalue weighted by Gasteiger charge is 2.17. The number of hydrogen-bond acceptors (Lipinski definition) is 7. The Morgan fingerprint density at radius 1 is 1.00 bits per heavy atom. The lowest BCUT2D eigenvalue weighted by Crippen LogP contribution is -2.06. The smallest absolute Gasteiger partial charge is 0.222 e. The van der Waals surface area contributed by atoms with Gasteiger partial charge in [0.15, 0.2) is 5.82 Å². The highest BCUT2D eigenvalue weighted by Crippen LogP contribution is 2.32. The van der Waals surface area contributed by atoms with Gasteiger partial charge in [-0.1, -0.05) is 13.0 Å². The van der Waals surface area contributed by atoms with E-state index < -0.39 is 0 Å². The molecule has 142 valence electrons. The zero-order chi connectivity index (χ0) is 19.8. The maximum atomic E-state index is 10.7. The van der Waals surface area contributed by atoms with Gasteiger partial charge in [0.1, 0.15) is 17.1 Å². The summed E-state index contributed by atoms with van der Waals surface area (Å²) in [6.07, 6.45) is 0.653. The van der Waals surface area contributed by atoms with Gasteiger partial charge in [-0.3, -0.25) is 0 Å². The van der Waals surface area contributed by atoms with Crippen LogP contribution in [0.3, 0.4) is 0 Å². The molecule has 0 aliphatic carbocycles. The van der Waals surface area contributed by atoms with Crippen LogP contribution in [0, 0.1) is 0 Å². The van der Waals surface area contributed by atoms with Gasteiger partial charge in [0.25, 0.3) is 0 Å². The Bertz CT molecular complexity index is 1170. The molecule has 0 saturated carbocycles. The van der Waals surface area contributed by atoms with Crippen LogP contribution in [-0.2, 0) is 6.42 Å². The first kappa shape index (κ1) is 17.6. The molecule has 0 amide bonds. The van der Waals surface area contributed by atoms with Gasteiger partial charge in [0.05, 0.1) is 18.3 Å². The quantitative estimate of drug-likeness (QED) is 0.467. The molecule has 2 aromatic carbocycles. The van der Waals surface area contributed by atoms with Crippen molar-refractivity contribution in [3.05, 3.63) is 48.2 Å². The van der Waals surface area contributed by atoms with E-state index in [4.69, 9.17) is 16.2 Å². The lowest BCUT2D eigenvalue weighted by Gasteiger charge is -2.11. The Morgan fingerprint density at radius 3 is 2.39 bits per heavy atom. The Morgan fingerprint density at radius 2 is 1.71 bits per heavy atom. The summed E-state index contributed by atoms with van der Waals surface area (Å²) in [5.41, 5.74) is 16.1. The second-order valence-electron chi connectivity index (χ2n) is 6.32. The van der Waals surface area contributed by atoms with E-state index in [1.54, 1.807) is 7.11 Å². The summed E-state index contributed by atoms with van der Waals surface area (Å²) in [6, 6.07) is 12.9. The summed E-state index contributed by atoms with van der Waals surface area (Å²) in [5, 5.41) is 10.7. The van der Waals surface area contributed by atoms with Gasteiger partial charge < -0.3 is 21.4 Å². The van der Waals surface area contributed by atoms with E-state index in [1.807, 2.05) is 49.4 Å². The molecule has 8 nitrogen and oxygen atoms in total.